The standard InChI is InChI=1S/C26H22Cl2N4OS2/c1-33-23-11-21(19(27)10-20(23)28)31-25-18(13-29)14-30-22-12-24(35-26(22)25)17-4-2-16(3-5-17)15-32-6-8-34-9-7-32/h2-5,10-12,14H,6-9,15H2,1H3,(H,30,31). The van der Waals surface area contributed by atoms with Crippen LogP contribution in [-0.2, 0) is 6.54 Å². The van der Waals surface area contributed by atoms with Crippen molar-refractivity contribution in [1.29, 1.82) is 5.26 Å². The second kappa shape index (κ2) is 10.7. The van der Waals surface area contributed by atoms with E-state index in [2.05, 4.69) is 51.6 Å². The molecule has 0 bridgehead atoms. The molecule has 0 spiro atoms. The average Bonchev–Trinajstić information content (AvgIpc) is 3.31. The Bertz CT molecular complexity index is 1410. The van der Waals surface area contributed by atoms with Crippen molar-refractivity contribution in [3.8, 4) is 22.3 Å². The number of hydrogen-bond donors (Lipinski definition) is 1. The van der Waals surface area contributed by atoms with E-state index in [0.717, 1.165) is 40.3 Å². The normalized spacial score (nSPS) is 14.1. The SMILES string of the molecule is COc1cc(Nc2c(C#N)cnc3cc(-c4ccc(CN5CCSCC5)cc4)sc23)c(Cl)cc1Cl. The van der Waals surface area contributed by atoms with Gasteiger partial charge in [0.1, 0.15) is 11.8 Å². The van der Waals surface area contributed by atoms with Gasteiger partial charge >= 0.3 is 0 Å². The molecule has 2 aromatic heterocycles. The summed E-state index contributed by atoms with van der Waals surface area (Å²) in [6, 6.07) is 16.4. The number of aromatic nitrogens is 1. The molecule has 4 aromatic rings. The maximum atomic E-state index is 9.75. The number of thioether (sulfide) groups is 1. The number of benzene rings is 2. The zero-order valence-corrected chi connectivity index (χ0v) is 22.1. The number of fused-ring (bicyclic) bond motifs is 1. The van der Waals surface area contributed by atoms with Crippen molar-refractivity contribution in [2.45, 2.75) is 6.54 Å². The molecule has 1 aliphatic rings. The lowest BCUT2D eigenvalue weighted by atomic mass is 10.1. The summed E-state index contributed by atoms with van der Waals surface area (Å²) in [4.78, 5) is 8.12. The number of nitrogens with zero attached hydrogens (tertiary/aromatic N) is 3. The van der Waals surface area contributed by atoms with E-state index in [4.69, 9.17) is 27.9 Å². The van der Waals surface area contributed by atoms with E-state index in [1.165, 1.54) is 17.1 Å². The van der Waals surface area contributed by atoms with E-state index >= 15 is 0 Å². The summed E-state index contributed by atoms with van der Waals surface area (Å²) in [5.41, 5.74) is 4.97. The predicted octanol–water partition coefficient (Wildman–Crippen LogP) is 7.44. The van der Waals surface area contributed by atoms with Gasteiger partial charge in [0.25, 0.3) is 0 Å². The monoisotopic (exact) mass is 540 g/mol. The lowest BCUT2D eigenvalue weighted by Gasteiger charge is -2.26. The summed E-state index contributed by atoms with van der Waals surface area (Å²) in [7, 11) is 1.55. The highest BCUT2D eigenvalue weighted by molar-refractivity contribution is 7.99. The van der Waals surface area contributed by atoms with E-state index in [1.54, 1.807) is 36.8 Å². The molecule has 1 fully saturated rings. The molecule has 0 amide bonds. The van der Waals surface area contributed by atoms with Crippen molar-refractivity contribution in [3.05, 3.63) is 69.8 Å². The zero-order chi connectivity index (χ0) is 24.4. The van der Waals surface area contributed by atoms with Gasteiger partial charge in [-0.3, -0.25) is 9.88 Å². The van der Waals surface area contributed by atoms with E-state index in [-0.39, 0.29) is 0 Å². The highest BCUT2D eigenvalue weighted by Crippen LogP contribution is 2.41. The fraction of sp³-hybridized carbons (Fsp3) is 0.231. The Morgan fingerprint density at radius 3 is 2.60 bits per heavy atom. The fourth-order valence-electron chi connectivity index (χ4n) is 4.04. The molecular weight excluding hydrogens is 519 g/mol. The highest BCUT2D eigenvalue weighted by Gasteiger charge is 2.17. The Morgan fingerprint density at radius 2 is 1.89 bits per heavy atom. The van der Waals surface area contributed by atoms with Gasteiger partial charge in [-0.1, -0.05) is 47.5 Å². The van der Waals surface area contributed by atoms with Gasteiger partial charge in [0, 0.05) is 48.3 Å². The molecule has 1 N–H and O–H groups in total. The van der Waals surface area contributed by atoms with Crippen LogP contribution in [0.1, 0.15) is 11.1 Å². The maximum absolute atomic E-state index is 9.75. The lowest BCUT2D eigenvalue weighted by molar-refractivity contribution is 0.294. The van der Waals surface area contributed by atoms with Crippen molar-refractivity contribution in [1.82, 2.24) is 9.88 Å². The fourth-order valence-corrected chi connectivity index (χ4v) is 6.65. The Hall–Kier alpha value is -2.47. The van der Waals surface area contributed by atoms with Crippen molar-refractivity contribution < 1.29 is 4.74 Å². The molecule has 0 atom stereocenters. The number of hydrogen-bond acceptors (Lipinski definition) is 7. The molecule has 3 heterocycles. The van der Waals surface area contributed by atoms with Crippen LogP contribution in [0, 0.1) is 11.3 Å². The molecule has 2 aromatic carbocycles. The number of nitrogens with one attached hydrogen (secondary N) is 1. The van der Waals surface area contributed by atoms with Crippen LogP contribution in [0.15, 0.2) is 48.7 Å². The first-order valence-corrected chi connectivity index (χ1v) is 13.8. The maximum Gasteiger partial charge on any atom is 0.139 e. The number of thiophene rings is 1. The predicted molar refractivity (Wildman–Crippen MR) is 149 cm³/mol. The summed E-state index contributed by atoms with van der Waals surface area (Å²) >= 11 is 16.3. The molecule has 35 heavy (non-hydrogen) atoms. The number of rotatable bonds is 6. The molecular formula is C26H22Cl2N4OS2. The van der Waals surface area contributed by atoms with Crippen molar-refractivity contribution in [2.75, 3.05) is 37.0 Å². The number of nitriles is 1. The molecule has 1 aliphatic heterocycles. The first kappa shape index (κ1) is 24.2. The van der Waals surface area contributed by atoms with E-state index < -0.39 is 0 Å². The van der Waals surface area contributed by atoms with Gasteiger partial charge in [-0.05, 0) is 23.3 Å². The van der Waals surface area contributed by atoms with Crippen molar-refractivity contribution in [3.63, 3.8) is 0 Å². The Balaban J connectivity index is 1.47. The average molecular weight is 542 g/mol. The summed E-state index contributed by atoms with van der Waals surface area (Å²) in [5.74, 6) is 2.92. The Morgan fingerprint density at radius 1 is 1.11 bits per heavy atom. The third-order valence-corrected chi connectivity index (χ3v) is 8.65. The first-order chi connectivity index (χ1) is 17.1. The molecule has 0 saturated carbocycles. The van der Waals surface area contributed by atoms with Crippen LogP contribution >= 0.6 is 46.3 Å². The minimum Gasteiger partial charge on any atom is -0.495 e. The minimum atomic E-state index is 0.421. The third-order valence-electron chi connectivity index (χ3n) is 5.91. The second-order valence-corrected chi connectivity index (χ2v) is 11.3. The quantitative estimate of drug-likeness (QED) is 0.274. The minimum absolute atomic E-state index is 0.421. The van der Waals surface area contributed by atoms with Gasteiger partial charge in [-0.15, -0.1) is 11.3 Å². The van der Waals surface area contributed by atoms with Gasteiger partial charge in [0.05, 0.1) is 44.3 Å². The van der Waals surface area contributed by atoms with Gasteiger partial charge in [0.15, 0.2) is 0 Å². The molecule has 5 nitrogen and oxygen atoms in total. The summed E-state index contributed by atoms with van der Waals surface area (Å²) in [6.45, 7) is 3.28. The molecule has 0 aliphatic carbocycles. The van der Waals surface area contributed by atoms with Crippen LogP contribution in [0.2, 0.25) is 10.0 Å². The lowest BCUT2D eigenvalue weighted by Crippen LogP contribution is -2.31. The van der Waals surface area contributed by atoms with Gasteiger partial charge in [-0.25, -0.2) is 0 Å². The summed E-state index contributed by atoms with van der Waals surface area (Å²) in [6.07, 6.45) is 1.59. The smallest absolute Gasteiger partial charge is 0.139 e. The summed E-state index contributed by atoms with van der Waals surface area (Å²) in [5, 5.41) is 13.9. The topological polar surface area (TPSA) is 61.2 Å². The highest BCUT2D eigenvalue weighted by atomic mass is 35.5. The van der Waals surface area contributed by atoms with E-state index in [1.807, 2.05) is 11.8 Å². The van der Waals surface area contributed by atoms with Crippen LogP contribution < -0.4 is 10.1 Å². The third kappa shape index (κ3) is 5.23. The van der Waals surface area contributed by atoms with Gasteiger partial charge in [0.2, 0.25) is 0 Å². The molecule has 9 heteroatoms. The number of methoxy groups -OCH3 is 1. The molecule has 178 valence electrons. The summed E-state index contributed by atoms with van der Waals surface area (Å²) < 4.78 is 6.22. The van der Waals surface area contributed by atoms with E-state index in [9.17, 15) is 5.26 Å². The number of pyridine rings is 1. The Kier molecular flexibility index (Phi) is 7.37. The van der Waals surface area contributed by atoms with Crippen molar-refractivity contribution in [2.24, 2.45) is 0 Å². The number of anilines is 2. The first-order valence-electron chi connectivity index (χ1n) is 11.1. The molecule has 0 radical (unpaired) electrons. The van der Waals surface area contributed by atoms with E-state index in [0.29, 0.717) is 32.7 Å². The van der Waals surface area contributed by atoms with Crippen molar-refractivity contribution >= 4 is 67.9 Å². The number of ether oxygens (including phenoxy) is 1. The van der Waals surface area contributed by atoms with Crippen LogP contribution in [-0.4, -0.2) is 41.6 Å². The van der Waals surface area contributed by atoms with Crippen LogP contribution in [0.3, 0.4) is 0 Å². The van der Waals surface area contributed by atoms with Gasteiger partial charge < -0.3 is 10.1 Å². The van der Waals surface area contributed by atoms with Crippen LogP contribution in [0.5, 0.6) is 5.75 Å². The molecule has 5 rings (SSSR count). The van der Waals surface area contributed by atoms with Crippen LogP contribution in [0.4, 0.5) is 11.4 Å². The largest absolute Gasteiger partial charge is 0.495 e. The zero-order valence-electron chi connectivity index (χ0n) is 19.0. The second-order valence-electron chi connectivity index (χ2n) is 8.16. The Labute approximate surface area is 222 Å². The van der Waals surface area contributed by atoms with Gasteiger partial charge in [-0.2, -0.15) is 17.0 Å². The van der Waals surface area contributed by atoms with Crippen LogP contribution in [0.25, 0.3) is 20.7 Å². The molecule has 0 unspecified atom stereocenters. The number of halogens is 2. The molecule has 1 saturated heterocycles.